The van der Waals surface area contributed by atoms with Crippen molar-refractivity contribution in [3.05, 3.63) is 39.3 Å². The predicted octanol–water partition coefficient (Wildman–Crippen LogP) is 3.05. The largest absolute Gasteiger partial charge is 0.338 e. The second-order valence-corrected chi connectivity index (χ2v) is 7.59. The zero-order valence-electron chi connectivity index (χ0n) is 12.7. The minimum atomic E-state index is 0.244. The van der Waals surface area contributed by atoms with Gasteiger partial charge in [-0.1, -0.05) is 0 Å². The SMILES string of the molecule is O=C(c1cc2c(s1)CCC2)N1CCCC(Cc2ccn[nH]2)C1. The highest BCUT2D eigenvalue weighted by Gasteiger charge is 2.27. The van der Waals surface area contributed by atoms with Gasteiger partial charge < -0.3 is 4.90 Å². The molecule has 2 aromatic heterocycles. The molecule has 1 unspecified atom stereocenters. The highest BCUT2D eigenvalue weighted by atomic mass is 32.1. The number of aromatic amines is 1. The molecule has 1 aliphatic heterocycles. The number of aryl methyl sites for hydroxylation is 2. The van der Waals surface area contributed by atoms with Crippen LogP contribution in [0, 0.1) is 5.92 Å². The summed E-state index contributed by atoms with van der Waals surface area (Å²) in [5.74, 6) is 0.790. The van der Waals surface area contributed by atoms with E-state index < -0.39 is 0 Å². The van der Waals surface area contributed by atoms with Gasteiger partial charge in [-0.05, 0) is 62.1 Å². The highest BCUT2D eigenvalue weighted by Crippen LogP contribution is 2.32. The van der Waals surface area contributed by atoms with Crippen LogP contribution >= 0.6 is 11.3 Å². The summed E-state index contributed by atoms with van der Waals surface area (Å²) in [6, 6.07) is 4.18. The number of piperidine rings is 1. The molecule has 1 atom stereocenters. The molecule has 1 amide bonds. The van der Waals surface area contributed by atoms with Gasteiger partial charge in [0.1, 0.15) is 0 Å². The number of carbonyl (C=O) groups is 1. The van der Waals surface area contributed by atoms with E-state index in [0.29, 0.717) is 5.92 Å². The fraction of sp³-hybridized carbons (Fsp3) is 0.529. The third-order valence-electron chi connectivity index (χ3n) is 4.83. The first-order valence-corrected chi connectivity index (χ1v) is 9.00. The second-order valence-electron chi connectivity index (χ2n) is 6.46. The number of amides is 1. The van der Waals surface area contributed by atoms with E-state index in [-0.39, 0.29) is 5.91 Å². The molecule has 2 aromatic rings. The Morgan fingerprint density at radius 2 is 2.36 bits per heavy atom. The molecule has 0 aromatic carbocycles. The van der Waals surface area contributed by atoms with Gasteiger partial charge in [0, 0.05) is 29.9 Å². The van der Waals surface area contributed by atoms with Crippen molar-refractivity contribution in [1.29, 1.82) is 0 Å². The molecule has 22 heavy (non-hydrogen) atoms. The van der Waals surface area contributed by atoms with Crippen molar-refractivity contribution in [2.45, 2.75) is 38.5 Å². The van der Waals surface area contributed by atoms with Gasteiger partial charge in [0.15, 0.2) is 0 Å². The van der Waals surface area contributed by atoms with Gasteiger partial charge in [-0.3, -0.25) is 9.89 Å². The summed E-state index contributed by atoms with van der Waals surface area (Å²) in [5.41, 5.74) is 2.59. The molecular weight excluding hydrogens is 294 g/mol. The van der Waals surface area contributed by atoms with E-state index in [1.165, 1.54) is 29.0 Å². The summed E-state index contributed by atoms with van der Waals surface area (Å²) in [4.78, 5) is 17.2. The fourth-order valence-corrected chi connectivity index (χ4v) is 4.94. The first-order valence-electron chi connectivity index (χ1n) is 8.19. The average molecular weight is 315 g/mol. The Morgan fingerprint density at radius 1 is 1.41 bits per heavy atom. The topological polar surface area (TPSA) is 49.0 Å². The van der Waals surface area contributed by atoms with Crippen molar-refractivity contribution in [2.24, 2.45) is 5.92 Å². The van der Waals surface area contributed by atoms with E-state index in [4.69, 9.17) is 0 Å². The number of nitrogens with one attached hydrogen (secondary N) is 1. The molecule has 4 rings (SSSR count). The average Bonchev–Trinajstić information content (AvgIpc) is 3.23. The van der Waals surface area contributed by atoms with E-state index in [1.54, 1.807) is 17.5 Å². The predicted molar refractivity (Wildman–Crippen MR) is 87.3 cm³/mol. The van der Waals surface area contributed by atoms with Crippen LogP contribution in [0.1, 0.15) is 45.1 Å². The summed E-state index contributed by atoms with van der Waals surface area (Å²) in [7, 11) is 0. The number of thiophene rings is 1. The molecular formula is C17H21N3OS. The third kappa shape index (κ3) is 2.70. The van der Waals surface area contributed by atoms with E-state index in [0.717, 1.165) is 43.6 Å². The van der Waals surface area contributed by atoms with Gasteiger partial charge in [-0.25, -0.2) is 0 Å². The van der Waals surface area contributed by atoms with Crippen LogP contribution in [-0.4, -0.2) is 34.1 Å². The molecule has 1 aliphatic carbocycles. The van der Waals surface area contributed by atoms with Crippen LogP contribution in [0.5, 0.6) is 0 Å². The van der Waals surface area contributed by atoms with Crippen LogP contribution in [-0.2, 0) is 19.3 Å². The number of hydrogen-bond acceptors (Lipinski definition) is 3. The van der Waals surface area contributed by atoms with Crippen LogP contribution < -0.4 is 0 Å². The van der Waals surface area contributed by atoms with Crippen LogP contribution in [0.25, 0.3) is 0 Å². The molecule has 5 heteroatoms. The lowest BCUT2D eigenvalue weighted by Crippen LogP contribution is -2.40. The number of carbonyl (C=O) groups excluding carboxylic acids is 1. The van der Waals surface area contributed by atoms with Crippen molar-refractivity contribution in [1.82, 2.24) is 15.1 Å². The summed E-state index contributed by atoms with van der Waals surface area (Å²) in [6.07, 6.45) is 8.67. The lowest BCUT2D eigenvalue weighted by Gasteiger charge is -2.32. The lowest BCUT2D eigenvalue weighted by atomic mass is 9.93. The van der Waals surface area contributed by atoms with Gasteiger partial charge in [0.05, 0.1) is 4.88 Å². The minimum absolute atomic E-state index is 0.244. The van der Waals surface area contributed by atoms with Crippen LogP contribution in [0.2, 0.25) is 0 Å². The number of aromatic nitrogens is 2. The zero-order valence-corrected chi connectivity index (χ0v) is 13.5. The maximum atomic E-state index is 12.8. The highest BCUT2D eigenvalue weighted by molar-refractivity contribution is 7.14. The van der Waals surface area contributed by atoms with E-state index in [1.807, 2.05) is 6.07 Å². The summed E-state index contributed by atoms with van der Waals surface area (Å²) < 4.78 is 0. The number of fused-ring (bicyclic) bond motifs is 1. The monoisotopic (exact) mass is 315 g/mol. The lowest BCUT2D eigenvalue weighted by molar-refractivity contribution is 0.0677. The van der Waals surface area contributed by atoms with Crippen molar-refractivity contribution in [3.63, 3.8) is 0 Å². The quantitative estimate of drug-likeness (QED) is 0.946. The first kappa shape index (κ1) is 14.0. The Kier molecular flexibility index (Phi) is 3.74. The second kappa shape index (κ2) is 5.88. The summed E-state index contributed by atoms with van der Waals surface area (Å²) in [6.45, 7) is 1.78. The van der Waals surface area contributed by atoms with Crippen molar-refractivity contribution < 1.29 is 4.79 Å². The number of nitrogens with zero attached hydrogens (tertiary/aromatic N) is 2. The number of likely N-dealkylation sites (tertiary alicyclic amines) is 1. The number of H-pyrrole nitrogens is 1. The van der Waals surface area contributed by atoms with E-state index in [9.17, 15) is 4.79 Å². The van der Waals surface area contributed by atoms with Crippen molar-refractivity contribution in [2.75, 3.05) is 13.1 Å². The molecule has 3 heterocycles. The molecule has 0 radical (unpaired) electrons. The Balaban J connectivity index is 1.43. The van der Waals surface area contributed by atoms with Gasteiger partial charge in [0.25, 0.3) is 5.91 Å². The van der Waals surface area contributed by atoms with Crippen LogP contribution in [0.4, 0.5) is 0 Å². The molecule has 0 saturated carbocycles. The van der Waals surface area contributed by atoms with Gasteiger partial charge in [0.2, 0.25) is 0 Å². The Morgan fingerprint density at radius 3 is 3.18 bits per heavy atom. The number of hydrogen-bond donors (Lipinski definition) is 1. The third-order valence-corrected chi connectivity index (χ3v) is 6.06. The molecule has 116 valence electrons. The smallest absolute Gasteiger partial charge is 0.263 e. The standard InChI is InChI=1S/C17H21N3OS/c21-17(16-10-13-4-1-5-15(13)22-16)20-8-2-3-12(11-20)9-14-6-7-18-19-14/h6-7,10,12H,1-5,8-9,11H2,(H,18,19). The molecule has 0 bridgehead atoms. The van der Waals surface area contributed by atoms with Gasteiger partial charge in [-0.2, -0.15) is 5.10 Å². The van der Waals surface area contributed by atoms with E-state index in [2.05, 4.69) is 21.2 Å². The van der Waals surface area contributed by atoms with Crippen molar-refractivity contribution in [3.8, 4) is 0 Å². The maximum Gasteiger partial charge on any atom is 0.263 e. The summed E-state index contributed by atoms with van der Waals surface area (Å²) in [5, 5.41) is 7.05. The van der Waals surface area contributed by atoms with Crippen LogP contribution in [0.15, 0.2) is 18.3 Å². The molecule has 1 fully saturated rings. The number of rotatable bonds is 3. The molecule has 1 saturated heterocycles. The maximum absolute atomic E-state index is 12.8. The molecule has 0 spiro atoms. The molecule has 1 N–H and O–H groups in total. The summed E-state index contributed by atoms with van der Waals surface area (Å²) >= 11 is 1.72. The van der Waals surface area contributed by atoms with Gasteiger partial charge >= 0.3 is 0 Å². The molecule has 4 nitrogen and oxygen atoms in total. The van der Waals surface area contributed by atoms with E-state index >= 15 is 0 Å². The minimum Gasteiger partial charge on any atom is -0.338 e. The normalized spacial score (nSPS) is 21.1. The van der Waals surface area contributed by atoms with Gasteiger partial charge in [-0.15, -0.1) is 11.3 Å². The zero-order chi connectivity index (χ0) is 14.9. The fourth-order valence-electron chi connectivity index (χ4n) is 3.72. The first-order chi connectivity index (χ1) is 10.8. The molecule has 2 aliphatic rings. The Hall–Kier alpha value is -1.62. The Bertz CT molecular complexity index is 640. The van der Waals surface area contributed by atoms with Crippen LogP contribution in [0.3, 0.4) is 0 Å². The Labute approximate surface area is 134 Å². The van der Waals surface area contributed by atoms with Crippen molar-refractivity contribution >= 4 is 17.2 Å².